The lowest BCUT2D eigenvalue weighted by molar-refractivity contribution is -0.401. The fourth-order valence-corrected chi connectivity index (χ4v) is 1.44. The van der Waals surface area contributed by atoms with Crippen molar-refractivity contribution in [3.8, 4) is 17.4 Å². The van der Waals surface area contributed by atoms with Crippen LogP contribution in [0.3, 0.4) is 0 Å². The molecule has 0 radical (unpaired) electrons. The van der Waals surface area contributed by atoms with E-state index < -0.39 is 4.92 Å². The summed E-state index contributed by atoms with van der Waals surface area (Å²) in [6, 6.07) is 12.3. The van der Waals surface area contributed by atoms with Gasteiger partial charge in [-0.3, -0.25) is 10.1 Å². The summed E-state index contributed by atoms with van der Waals surface area (Å²) in [6.07, 6.45) is 2.11. The molecular formula is C13H8N2O3. The van der Waals surface area contributed by atoms with E-state index in [-0.39, 0.29) is 0 Å². The van der Waals surface area contributed by atoms with Gasteiger partial charge in [0.25, 0.3) is 0 Å². The number of rotatable bonds is 3. The molecule has 0 aliphatic carbocycles. The molecule has 0 fully saturated rings. The predicted molar refractivity (Wildman–Crippen MR) is 64.9 cm³/mol. The second-order valence-electron chi connectivity index (χ2n) is 3.49. The van der Waals surface area contributed by atoms with Gasteiger partial charge < -0.3 is 4.42 Å². The monoisotopic (exact) mass is 240 g/mol. The Kier molecular flexibility index (Phi) is 3.21. The zero-order chi connectivity index (χ0) is 13.0. The lowest BCUT2D eigenvalue weighted by Gasteiger charge is -1.95. The van der Waals surface area contributed by atoms with Gasteiger partial charge in [-0.2, -0.15) is 5.26 Å². The average molecular weight is 240 g/mol. The molecule has 0 amide bonds. The van der Waals surface area contributed by atoms with Crippen molar-refractivity contribution in [3.05, 3.63) is 64.0 Å². The largest absolute Gasteiger partial charge is 0.457 e. The quantitative estimate of drug-likeness (QED) is 0.609. The maximum atomic E-state index is 10.2. The number of hydrogen-bond acceptors (Lipinski definition) is 4. The van der Waals surface area contributed by atoms with E-state index in [2.05, 4.69) is 0 Å². The summed E-state index contributed by atoms with van der Waals surface area (Å²) in [6.45, 7) is 0. The van der Waals surface area contributed by atoms with E-state index in [9.17, 15) is 10.1 Å². The van der Waals surface area contributed by atoms with Gasteiger partial charge in [-0.15, -0.1) is 0 Å². The number of furan rings is 1. The molecular weight excluding hydrogens is 232 g/mol. The van der Waals surface area contributed by atoms with Crippen LogP contribution in [0.1, 0.15) is 11.3 Å². The summed E-state index contributed by atoms with van der Waals surface area (Å²) in [5.41, 5.74) is 1.38. The molecule has 2 rings (SSSR count). The van der Waals surface area contributed by atoms with Crippen LogP contribution in [0.4, 0.5) is 0 Å². The van der Waals surface area contributed by atoms with Gasteiger partial charge in [0.05, 0.1) is 22.6 Å². The number of nitriles is 1. The predicted octanol–water partition coefficient (Wildman–Crippen LogP) is 3.07. The Morgan fingerprint density at radius 2 is 1.94 bits per heavy atom. The van der Waals surface area contributed by atoms with Crippen LogP contribution < -0.4 is 0 Å². The van der Waals surface area contributed by atoms with E-state index in [1.54, 1.807) is 36.4 Å². The molecule has 0 atom stereocenters. The maximum absolute atomic E-state index is 10.2. The summed E-state index contributed by atoms with van der Waals surface area (Å²) in [4.78, 5) is 9.61. The molecule has 1 aromatic heterocycles. The Morgan fingerprint density at radius 1 is 1.22 bits per heavy atom. The van der Waals surface area contributed by atoms with E-state index in [0.717, 1.165) is 11.8 Å². The Labute approximate surface area is 103 Å². The summed E-state index contributed by atoms with van der Waals surface area (Å²) < 4.78 is 5.42. The van der Waals surface area contributed by atoms with Gasteiger partial charge in [0, 0.05) is 5.56 Å². The Morgan fingerprint density at radius 3 is 2.56 bits per heavy atom. The first kappa shape index (κ1) is 11.6. The molecule has 18 heavy (non-hydrogen) atoms. The van der Waals surface area contributed by atoms with Crippen LogP contribution in [-0.4, -0.2) is 4.92 Å². The zero-order valence-electron chi connectivity index (χ0n) is 9.24. The molecule has 0 aliphatic heterocycles. The second kappa shape index (κ2) is 4.97. The smallest absolute Gasteiger partial charge is 0.238 e. The van der Waals surface area contributed by atoms with Gasteiger partial charge in [0.1, 0.15) is 11.5 Å². The first-order valence-corrected chi connectivity index (χ1v) is 5.11. The van der Waals surface area contributed by atoms with Crippen LogP contribution in [0.2, 0.25) is 0 Å². The van der Waals surface area contributed by atoms with Gasteiger partial charge in [-0.05, 0) is 36.4 Å². The molecule has 0 unspecified atom stereocenters. The fraction of sp³-hybridized carbons (Fsp3) is 0. The maximum Gasteiger partial charge on any atom is 0.238 e. The summed E-state index contributed by atoms with van der Waals surface area (Å²) >= 11 is 0. The van der Waals surface area contributed by atoms with Crippen molar-refractivity contribution in [2.24, 2.45) is 0 Å². The van der Waals surface area contributed by atoms with Crippen LogP contribution in [0.5, 0.6) is 0 Å². The first-order valence-electron chi connectivity index (χ1n) is 5.11. The number of benzene rings is 1. The standard InChI is InChI=1S/C13H8N2O3/c14-9-10-1-3-11(4-2-10)13-6-5-12(18-13)7-8-15(16)17/h1-8H. The van der Waals surface area contributed by atoms with Crippen molar-refractivity contribution in [3.63, 3.8) is 0 Å². The molecule has 88 valence electrons. The Hall–Kier alpha value is -2.87. The number of nitrogens with zero attached hydrogens (tertiary/aromatic N) is 2. The van der Waals surface area contributed by atoms with Crippen molar-refractivity contribution in [1.82, 2.24) is 0 Å². The molecule has 0 bridgehead atoms. The summed E-state index contributed by atoms with van der Waals surface area (Å²) in [5.74, 6) is 1.01. The zero-order valence-corrected chi connectivity index (χ0v) is 9.24. The van der Waals surface area contributed by atoms with E-state index >= 15 is 0 Å². The minimum atomic E-state index is -0.552. The molecule has 0 spiro atoms. The molecule has 0 N–H and O–H groups in total. The highest BCUT2D eigenvalue weighted by atomic mass is 16.6. The topological polar surface area (TPSA) is 80.1 Å². The number of nitro groups is 1. The third-order valence-corrected chi connectivity index (χ3v) is 2.29. The average Bonchev–Trinajstić information content (AvgIpc) is 2.85. The van der Waals surface area contributed by atoms with Crippen LogP contribution >= 0.6 is 0 Å². The highest BCUT2D eigenvalue weighted by Gasteiger charge is 2.03. The fourth-order valence-electron chi connectivity index (χ4n) is 1.44. The van der Waals surface area contributed by atoms with E-state index in [0.29, 0.717) is 17.1 Å². The normalized spacial score (nSPS) is 10.4. The lowest BCUT2D eigenvalue weighted by atomic mass is 10.1. The van der Waals surface area contributed by atoms with Crippen LogP contribution in [0, 0.1) is 21.4 Å². The molecule has 0 saturated heterocycles. The van der Waals surface area contributed by atoms with Crippen molar-refractivity contribution in [2.45, 2.75) is 0 Å². The van der Waals surface area contributed by atoms with Gasteiger partial charge in [0.15, 0.2) is 0 Å². The second-order valence-corrected chi connectivity index (χ2v) is 3.49. The highest BCUT2D eigenvalue weighted by molar-refractivity contribution is 5.60. The summed E-state index contributed by atoms with van der Waals surface area (Å²) in [7, 11) is 0. The van der Waals surface area contributed by atoms with Crippen molar-refractivity contribution in [1.29, 1.82) is 5.26 Å². The molecule has 5 heteroatoms. The molecule has 1 aromatic carbocycles. The van der Waals surface area contributed by atoms with Crippen LogP contribution in [-0.2, 0) is 0 Å². The van der Waals surface area contributed by atoms with Gasteiger partial charge in [0.2, 0.25) is 6.20 Å². The third kappa shape index (κ3) is 2.62. The SMILES string of the molecule is N#Cc1ccc(-c2ccc(C=C[N+](=O)[O-])o2)cc1. The molecule has 5 nitrogen and oxygen atoms in total. The molecule has 1 heterocycles. The van der Waals surface area contributed by atoms with E-state index in [1.165, 1.54) is 6.08 Å². The van der Waals surface area contributed by atoms with Gasteiger partial charge in [-0.1, -0.05) is 0 Å². The van der Waals surface area contributed by atoms with Crippen molar-refractivity contribution >= 4 is 6.08 Å². The Balaban J connectivity index is 2.24. The lowest BCUT2D eigenvalue weighted by Crippen LogP contribution is -1.81. The Bertz CT molecular complexity index is 633. The highest BCUT2D eigenvalue weighted by Crippen LogP contribution is 2.23. The van der Waals surface area contributed by atoms with Crippen LogP contribution in [0.15, 0.2) is 47.0 Å². The first-order chi connectivity index (χ1) is 8.69. The van der Waals surface area contributed by atoms with Crippen LogP contribution in [0.25, 0.3) is 17.4 Å². The van der Waals surface area contributed by atoms with Gasteiger partial charge >= 0.3 is 0 Å². The van der Waals surface area contributed by atoms with Gasteiger partial charge in [-0.25, -0.2) is 0 Å². The van der Waals surface area contributed by atoms with E-state index in [1.807, 2.05) is 6.07 Å². The summed E-state index contributed by atoms with van der Waals surface area (Å²) in [5, 5.41) is 18.8. The minimum absolute atomic E-state index is 0.408. The minimum Gasteiger partial charge on any atom is -0.457 e. The molecule has 0 saturated carbocycles. The van der Waals surface area contributed by atoms with Crippen molar-refractivity contribution < 1.29 is 9.34 Å². The third-order valence-electron chi connectivity index (χ3n) is 2.29. The number of hydrogen-bond donors (Lipinski definition) is 0. The van der Waals surface area contributed by atoms with Crippen molar-refractivity contribution in [2.75, 3.05) is 0 Å². The molecule has 0 aliphatic rings. The van der Waals surface area contributed by atoms with E-state index in [4.69, 9.17) is 9.68 Å². The molecule has 2 aromatic rings.